The van der Waals surface area contributed by atoms with E-state index in [2.05, 4.69) is 10.3 Å². The van der Waals surface area contributed by atoms with Crippen molar-refractivity contribution in [1.82, 2.24) is 15.0 Å². The van der Waals surface area contributed by atoms with Crippen LogP contribution < -0.4 is 9.80 Å². The van der Waals surface area contributed by atoms with Crippen LogP contribution in [-0.4, -0.2) is 57.3 Å². The van der Waals surface area contributed by atoms with Crippen molar-refractivity contribution >= 4 is 29.2 Å². The minimum atomic E-state index is -0.633. The third-order valence-electron chi connectivity index (χ3n) is 5.55. The monoisotopic (exact) mass is 407 g/mol. The van der Waals surface area contributed by atoms with Crippen LogP contribution >= 0.6 is 11.8 Å². The Bertz CT molecular complexity index is 857. The number of benzene rings is 1. The molecule has 5 rings (SSSR count). The lowest BCUT2D eigenvalue weighted by Gasteiger charge is -2.37. The molecule has 0 saturated carbocycles. The van der Waals surface area contributed by atoms with E-state index in [0.717, 1.165) is 24.3 Å². The second-order valence-electron chi connectivity index (χ2n) is 7.33. The van der Waals surface area contributed by atoms with Crippen LogP contribution in [0.3, 0.4) is 0 Å². The van der Waals surface area contributed by atoms with Gasteiger partial charge in [0.05, 0.1) is 25.0 Å². The number of carbonyl (C=O) groups excluding carboxylic acids is 1. The highest BCUT2D eigenvalue weighted by Gasteiger charge is 2.40. The molecule has 1 unspecified atom stereocenters. The molecule has 0 radical (unpaired) electrons. The molecule has 0 aliphatic carbocycles. The second kappa shape index (κ2) is 6.91. The molecule has 3 fully saturated rings. The molecule has 7 nitrogen and oxygen atoms in total. The summed E-state index contributed by atoms with van der Waals surface area (Å²) in [7, 11) is 0. The van der Waals surface area contributed by atoms with Gasteiger partial charge in [0.25, 0.3) is 0 Å². The lowest BCUT2D eigenvalue weighted by Crippen LogP contribution is -2.43. The highest BCUT2D eigenvalue weighted by molar-refractivity contribution is 7.99. The first kappa shape index (κ1) is 17.7. The molecule has 3 saturated heterocycles. The first-order valence-corrected chi connectivity index (χ1v) is 10.4. The first-order valence-electron chi connectivity index (χ1n) is 9.27. The number of ether oxygens (including phenoxy) is 1. The van der Waals surface area contributed by atoms with E-state index in [1.807, 2.05) is 16.7 Å². The smallest absolute Gasteiger partial charge is 0.414 e. The fourth-order valence-corrected chi connectivity index (χ4v) is 5.65. The molecule has 1 amide bonds. The second-order valence-corrected chi connectivity index (χ2v) is 8.40. The Balaban J connectivity index is 1.38. The van der Waals surface area contributed by atoms with Gasteiger partial charge in [-0.05, 0) is 12.8 Å². The molecule has 0 spiro atoms. The van der Waals surface area contributed by atoms with Crippen molar-refractivity contribution < 1.29 is 18.3 Å². The number of cyclic esters (lactones) is 1. The van der Waals surface area contributed by atoms with Gasteiger partial charge in [0, 0.05) is 41.9 Å². The van der Waals surface area contributed by atoms with E-state index in [1.54, 1.807) is 10.9 Å². The summed E-state index contributed by atoms with van der Waals surface area (Å²) in [5, 5.41) is 7.55. The normalized spacial score (nSPS) is 26.8. The Labute approximate surface area is 164 Å². The van der Waals surface area contributed by atoms with Gasteiger partial charge in [0.2, 0.25) is 0 Å². The van der Waals surface area contributed by atoms with Gasteiger partial charge >= 0.3 is 6.09 Å². The fourth-order valence-electron chi connectivity index (χ4n) is 4.31. The van der Waals surface area contributed by atoms with Crippen molar-refractivity contribution in [3.8, 4) is 0 Å². The fraction of sp³-hybridized carbons (Fsp3) is 0.500. The third-order valence-corrected chi connectivity index (χ3v) is 6.79. The van der Waals surface area contributed by atoms with Crippen LogP contribution in [0, 0.1) is 11.6 Å². The zero-order valence-electron chi connectivity index (χ0n) is 15.0. The maximum Gasteiger partial charge on any atom is 0.414 e. The molecule has 148 valence electrons. The van der Waals surface area contributed by atoms with Crippen molar-refractivity contribution in [2.75, 3.05) is 27.9 Å². The number of hydrogen-bond acceptors (Lipinski definition) is 6. The average Bonchev–Trinajstić information content (AvgIpc) is 3.34. The molecule has 0 N–H and O–H groups in total. The molecule has 3 aliphatic heterocycles. The van der Waals surface area contributed by atoms with Gasteiger partial charge < -0.3 is 9.64 Å². The Kier molecular flexibility index (Phi) is 4.37. The first-order chi connectivity index (χ1) is 13.6. The summed E-state index contributed by atoms with van der Waals surface area (Å²) in [6.45, 7) is 0.530. The number of amides is 1. The molecule has 10 heteroatoms. The van der Waals surface area contributed by atoms with Crippen LogP contribution in [0.5, 0.6) is 0 Å². The van der Waals surface area contributed by atoms with Crippen molar-refractivity contribution in [2.45, 2.75) is 37.6 Å². The lowest BCUT2D eigenvalue weighted by atomic mass is 10.2. The molecule has 3 atom stereocenters. The van der Waals surface area contributed by atoms with Gasteiger partial charge in [-0.2, -0.15) is 11.8 Å². The van der Waals surface area contributed by atoms with Crippen molar-refractivity contribution in [3.05, 3.63) is 36.2 Å². The van der Waals surface area contributed by atoms with Crippen molar-refractivity contribution in [1.29, 1.82) is 0 Å². The van der Waals surface area contributed by atoms with Gasteiger partial charge in [-0.25, -0.2) is 18.3 Å². The molecular weight excluding hydrogens is 388 g/mol. The molecule has 2 aromatic rings. The molecule has 1 aromatic heterocycles. The zero-order chi connectivity index (χ0) is 19.3. The van der Waals surface area contributed by atoms with E-state index in [4.69, 9.17) is 4.74 Å². The molecule has 2 bridgehead atoms. The Morgan fingerprint density at radius 3 is 2.54 bits per heavy atom. The summed E-state index contributed by atoms with van der Waals surface area (Å²) in [6, 6.07) is 2.81. The number of nitrogens with zero attached hydrogens (tertiary/aromatic N) is 5. The summed E-state index contributed by atoms with van der Waals surface area (Å²) in [5.74, 6) is 0.511. The number of anilines is 2. The standard InChI is InChI=1S/C18H19F2N5O2S/c19-15-5-13(24-8-14(27-18(24)26)7-23-4-3-21-22-23)6-16(20)17(15)25-11-1-2-12(25)10-28-9-11/h3-6,11-12,14H,1-2,7-10H2/t11-,12+,14?. The summed E-state index contributed by atoms with van der Waals surface area (Å²) in [5.41, 5.74) is 0.201. The molecule has 3 aliphatic rings. The number of aromatic nitrogens is 3. The molecule has 28 heavy (non-hydrogen) atoms. The maximum absolute atomic E-state index is 15.0. The summed E-state index contributed by atoms with van der Waals surface area (Å²) < 4.78 is 36.8. The van der Waals surface area contributed by atoms with E-state index in [0.29, 0.717) is 6.54 Å². The average molecular weight is 407 g/mol. The van der Waals surface area contributed by atoms with E-state index in [9.17, 15) is 13.6 Å². The number of carbonyl (C=O) groups is 1. The van der Waals surface area contributed by atoms with E-state index in [1.165, 1.54) is 23.2 Å². The maximum atomic E-state index is 15.0. The number of rotatable bonds is 4. The van der Waals surface area contributed by atoms with Gasteiger partial charge in [0.1, 0.15) is 11.8 Å². The molecule has 1 aromatic carbocycles. The van der Waals surface area contributed by atoms with Crippen LogP contribution in [0.2, 0.25) is 0 Å². The highest BCUT2D eigenvalue weighted by atomic mass is 32.2. The summed E-state index contributed by atoms with van der Waals surface area (Å²) in [4.78, 5) is 15.4. The van der Waals surface area contributed by atoms with Crippen LogP contribution in [-0.2, 0) is 11.3 Å². The van der Waals surface area contributed by atoms with Crippen LogP contribution in [0.15, 0.2) is 24.5 Å². The number of thioether (sulfide) groups is 1. The van der Waals surface area contributed by atoms with E-state index in [-0.39, 0.29) is 30.0 Å². The Morgan fingerprint density at radius 2 is 1.89 bits per heavy atom. The van der Waals surface area contributed by atoms with Crippen molar-refractivity contribution in [3.63, 3.8) is 0 Å². The minimum Gasteiger partial charge on any atom is -0.442 e. The van der Waals surface area contributed by atoms with Gasteiger partial charge in [-0.15, -0.1) is 5.10 Å². The van der Waals surface area contributed by atoms with E-state index >= 15 is 0 Å². The number of halogens is 2. The van der Waals surface area contributed by atoms with Crippen LogP contribution in [0.1, 0.15) is 12.8 Å². The topological polar surface area (TPSA) is 63.5 Å². The molecular formula is C18H19F2N5O2S. The zero-order valence-corrected chi connectivity index (χ0v) is 15.8. The predicted octanol–water partition coefficient (Wildman–Crippen LogP) is 2.67. The van der Waals surface area contributed by atoms with Gasteiger partial charge in [-0.1, -0.05) is 5.21 Å². The highest BCUT2D eigenvalue weighted by Crippen LogP contribution is 2.41. The van der Waals surface area contributed by atoms with E-state index < -0.39 is 23.8 Å². The van der Waals surface area contributed by atoms with Crippen molar-refractivity contribution in [2.24, 2.45) is 0 Å². The molecule has 4 heterocycles. The predicted molar refractivity (Wildman–Crippen MR) is 101 cm³/mol. The summed E-state index contributed by atoms with van der Waals surface area (Å²) >= 11 is 1.84. The van der Waals surface area contributed by atoms with Gasteiger partial charge in [0.15, 0.2) is 11.6 Å². The minimum absolute atomic E-state index is 0.0308. The summed E-state index contributed by atoms with van der Waals surface area (Å²) in [6.07, 6.45) is 4.03. The SMILES string of the molecule is O=C1OC(Cn2ccnn2)CN1c1cc(F)c(N2[C@@H]3CC[C@H]2CSC3)c(F)c1. The Morgan fingerprint density at radius 1 is 1.18 bits per heavy atom. The number of hydrogen-bond donors (Lipinski definition) is 0. The Hall–Kier alpha value is -2.36. The largest absolute Gasteiger partial charge is 0.442 e. The van der Waals surface area contributed by atoms with Crippen LogP contribution in [0.25, 0.3) is 0 Å². The van der Waals surface area contributed by atoms with Gasteiger partial charge in [-0.3, -0.25) is 4.90 Å². The quantitative estimate of drug-likeness (QED) is 0.777. The lowest BCUT2D eigenvalue weighted by molar-refractivity contribution is 0.129. The third kappa shape index (κ3) is 2.99. The van der Waals surface area contributed by atoms with Crippen LogP contribution in [0.4, 0.5) is 25.0 Å². The number of fused-ring (bicyclic) bond motifs is 2.